The van der Waals surface area contributed by atoms with Crippen LogP contribution in [-0.4, -0.2) is 63.5 Å². The van der Waals surface area contributed by atoms with E-state index in [9.17, 15) is 18.3 Å². The van der Waals surface area contributed by atoms with Crippen molar-refractivity contribution in [3.05, 3.63) is 93.5 Å². The van der Waals surface area contributed by atoms with E-state index in [4.69, 9.17) is 23.2 Å². The number of sulfonamides is 1. The van der Waals surface area contributed by atoms with Crippen molar-refractivity contribution in [2.75, 3.05) is 41.6 Å². The fourth-order valence-electron chi connectivity index (χ4n) is 4.99. The quantitative estimate of drug-likeness (QED) is 0.200. The van der Waals surface area contributed by atoms with Crippen LogP contribution >= 0.6 is 23.2 Å². The monoisotopic (exact) mass is 632 g/mol. The molecule has 1 aliphatic heterocycles. The minimum Gasteiger partial charge on any atom is -0.390 e. The van der Waals surface area contributed by atoms with Gasteiger partial charge in [0.1, 0.15) is 0 Å². The summed E-state index contributed by atoms with van der Waals surface area (Å²) in [4.78, 5) is 13.6. The standard InChI is InChI=1S/C31H38Cl2N4O4S/c1-2-35-25-18-24(19-26(20-25)37-14-6-7-15-42(37,40)41)31(39)36-29(17-22-8-4-3-5-9-22)30(38)21-34-13-12-23-10-11-27(32)28(33)16-23/h3-5,8-11,16,18-20,29-30,34-35,38H,2,6-7,12-15,17,21H2,1H3,(H,36,39)/t29-,30+/m0/s1. The third kappa shape index (κ3) is 8.84. The lowest BCUT2D eigenvalue weighted by molar-refractivity contribution is 0.0831. The number of hydrogen-bond acceptors (Lipinski definition) is 6. The number of halogens is 2. The van der Waals surface area contributed by atoms with Crippen LogP contribution in [0.1, 0.15) is 41.3 Å². The van der Waals surface area contributed by atoms with Crippen LogP contribution in [0.25, 0.3) is 0 Å². The first-order chi connectivity index (χ1) is 20.2. The molecule has 0 bridgehead atoms. The average Bonchev–Trinajstić information content (AvgIpc) is 2.97. The molecule has 0 unspecified atom stereocenters. The van der Waals surface area contributed by atoms with Crippen LogP contribution < -0.4 is 20.3 Å². The summed E-state index contributed by atoms with van der Waals surface area (Å²) in [5.74, 6) is -0.301. The van der Waals surface area contributed by atoms with Crippen molar-refractivity contribution < 1.29 is 18.3 Å². The van der Waals surface area contributed by atoms with Crippen molar-refractivity contribution in [1.82, 2.24) is 10.6 Å². The normalized spacial score (nSPS) is 16.0. The molecule has 1 fully saturated rings. The molecular weight excluding hydrogens is 595 g/mol. The number of nitrogens with one attached hydrogen (secondary N) is 3. The SMILES string of the molecule is CCNc1cc(C(=O)N[C@@H](Cc2ccccc2)[C@H](O)CNCCc2ccc(Cl)c(Cl)c2)cc(N2CCCCS2(=O)=O)c1. The second kappa shape index (κ2) is 15.1. The molecule has 2 atom stereocenters. The third-order valence-electron chi connectivity index (χ3n) is 7.21. The van der Waals surface area contributed by atoms with E-state index in [1.165, 1.54) is 4.31 Å². The highest BCUT2D eigenvalue weighted by atomic mass is 35.5. The van der Waals surface area contributed by atoms with E-state index in [-0.39, 0.29) is 18.2 Å². The van der Waals surface area contributed by atoms with Gasteiger partial charge in [-0.05, 0) is 80.6 Å². The second-order valence-electron chi connectivity index (χ2n) is 10.4. The zero-order valence-electron chi connectivity index (χ0n) is 23.7. The van der Waals surface area contributed by atoms with Crippen molar-refractivity contribution >= 4 is 50.5 Å². The maximum absolute atomic E-state index is 13.6. The topological polar surface area (TPSA) is 111 Å². The van der Waals surface area contributed by atoms with Crippen LogP contribution in [0.3, 0.4) is 0 Å². The van der Waals surface area contributed by atoms with Gasteiger partial charge in [-0.1, -0.05) is 59.6 Å². The van der Waals surface area contributed by atoms with E-state index < -0.39 is 22.2 Å². The van der Waals surface area contributed by atoms with Crippen LogP contribution in [0, 0.1) is 0 Å². The Morgan fingerprint density at radius 1 is 1.00 bits per heavy atom. The predicted octanol–water partition coefficient (Wildman–Crippen LogP) is 4.89. The fourth-order valence-corrected chi connectivity index (χ4v) is 6.94. The van der Waals surface area contributed by atoms with Crippen LogP contribution in [0.15, 0.2) is 66.7 Å². The van der Waals surface area contributed by atoms with Gasteiger partial charge < -0.3 is 21.1 Å². The van der Waals surface area contributed by atoms with Crippen LogP contribution in [0.5, 0.6) is 0 Å². The van der Waals surface area contributed by atoms with Crippen molar-refractivity contribution in [2.24, 2.45) is 0 Å². The zero-order chi connectivity index (χ0) is 30.1. The Morgan fingerprint density at radius 2 is 1.79 bits per heavy atom. The zero-order valence-corrected chi connectivity index (χ0v) is 26.0. The number of carbonyl (C=O) groups is 1. The third-order valence-corrected chi connectivity index (χ3v) is 9.81. The number of hydrogen-bond donors (Lipinski definition) is 4. The van der Waals surface area contributed by atoms with Gasteiger partial charge in [0.15, 0.2) is 0 Å². The Labute approximate surface area is 258 Å². The summed E-state index contributed by atoms with van der Waals surface area (Å²) in [6.45, 7) is 3.78. The van der Waals surface area contributed by atoms with E-state index >= 15 is 0 Å². The summed E-state index contributed by atoms with van der Waals surface area (Å²) in [6.07, 6.45) is 1.61. The van der Waals surface area contributed by atoms with E-state index in [0.29, 0.717) is 65.9 Å². The molecule has 8 nitrogen and oxygen atoms in total. The van der Waals surface area contributed by atoms with E-state index in [1.807, 2.05) is 49.4 Å². The number of rotatable bonds is 13. The van der Waals surface area contributed by atoms with Crippen molar-refractivity contribution in [2.45, 2.75) is 44.8 Å². The highest BCUT2D eigenvalue weighted by Crippen LogP contribution is 2.28. The van der Waals surface area contributed by atoms with Crippen LogP contribution in [-0.2, 0) is 22.9 Å². The number of amides is 1. The van der Waals surface area contributed by atoms with Gasteiger partial charge in [-0.2, -0.15) is 0 Å². The van der Waals surface area contributed by atoms with Gasteiger partial charge in [0, 0.05) is 30.9 Å². The lowest BCUT2D eigenvalue weighted by atomic mass is 10.00. The number of benzene rings is 3. The van der Waals surface area contributed by atoms with Gasteiger partial charge in [0.2, 0.25) is 10.0 Å². The Bertz CT molecular complexity index is 1460. The summed E-state index contributed by atoms with van der Waals surface area (Å²) in [7, 11) is -3.45. The average molecular weight is 634 g/mol. The molecule has 0 aliphatic carbocycles. The molecule has 1 aliphatic rings. The van der Waals surface area contributed by atoms with Crippen LogP contribution in [0.4, 0.5) is 11.4 Å². The molecule has 0 aromatic heterocycles. The molecule has 3 aromatic carbocycles. The van der Waals surface area contributed by atoms with Gasteiger partial charge >= 0.3 is 0 Å². The molecule has 1 heterocycles. The minimum atomic E-state index is -3.45. The lowest BCUT2D eigenvalue weighted by Gasteiger charge is -2.29. The van der Waals surface area contributed by atoms with Gasteiger partial charge in [-0.25, -0.2) is 8.42 Å². The Hall–Kier alpha value is -2.82. The number of nitrogens with zero attached hydrogens (tertiary/aromatic N) is 1. The molecule has 42 heavy (non-hydrogen) atoms. The summed E-state index contributed by atoms with van der Waals surface area (Å²) >= 11 is 12.1. The molecule has 3 aromatic rings. The fraction of sp³-hybridized carbons (Fsp3) is 0.387. The molecular formula is C31H38Cl2N4O4S. The highest BCUT2D eigenvalue weighted by molar-refractivity contribution is 7.92. The van der Waals surface area contributed by atoms with Crippen molar-refractivity contribution in [3.63, 3.8) is 0 Å². The maximum atomic E-state index is 13.6. The molecule has 4 N–H and O–H groups in total. The van der Waals surface area contributed by atoms with Gasteiger partial charge in [-0.3, -0.25) is 9.10 Å². The minimum absolute atomic E-state index is 0.0867. The van der Waals surface area contributed by atoms with E-state index in [1.54, 1.807) is 24.3 Å². The van der Waals surface area contributed by atoms with Gasteiger partial charge in [0.05, 0.1) is 33.6 Å². The molecule has 0 radical (unpaired) electrons. The summed E-state index contributed by atoms with van der Waals surface area (Å²) in [5.41, 5.74) is 3.43. The molecule has 11 heteroatoms. The molecule has 4 rings (SSSR count). The van der Waals surface area contributed by atoms with Gasteiger partial charge in [-0.15, -0.1) is 0 Å². The number of carbonyl (C=O) groups excluding carboxylic acids is 1. The maximum Gasteiger partial charge on any atom is 0.251 e. The van der Waals surface area contributed by atoms with Gasteiger partial charge in [0.25, 0.3) is 5.91 Å². The number of aliphatic hydroxyl groups is 1. The molecule has 1 saturated heterocycles. The summed E-state index contributed by atoms with van der Waals surface area (Å²) in [6, 6.07) is 19.6. The van der Waals surface area contributed by atoms with E-state index in [0.717, 1.165) is 17.5 Å². The smallest absolute Gasteiger partial charge is 0.251 e. The first-order valence-corrected chi connectivity index (χ1v) is 16.6. The molecule has 0 saturated carbocycles. The highest BCUT2D eigenvalue weighted by Gasteiger charge is 2.28. The Morgan fingerprint density at radius 3 is 2.50 bits per heavy atom. The predicted molar refractivity (Wildman–Crippen MR) is 171 cm³/mol. The largest absolute Gasteiger partial charge is 0.390 e. The number of anilines is 2. The van der Waals surface area contributed by atoms with E-state index in [2.05, 4.69) is 16.0 Å². The first kappa shape index (κ1) is 32.1. The molecule has 0 spiro atoms. The first-order valence-electron chi connectivity index (χ1n) is 14.2. The Balaban J connectivity index is 1.49. The summed E-state index contributed by atoms with van der Waals surface area (Å²) < 4.78 is 27.0. The lowest BCUT2D eigenvalue weighted by Crippen LogP contribution is -2.49. The molecule has 1 amide bonds. The Kier molecular flexibility index (Phi) is 11.5. The van der Waals surface area contributed by atoms with Crippen LogP contribution in [0.2, 0.25) is 10.0 Å². The summed E-state index contributed by atoms with van der Waals surface area (Å²) in [5, 5.41) is 21.7. The van der Waals surface area contributed by atoms with Crippen molar-refractivity contribution in [1.29, 1.82) is 0 Å². The van der Waals surface area contributed by atoms with Crippen molar-refractivity contribution in [3.8, 4) is 0 Å². The number of aliphatic hydroxyl groups excluding tert-OH is 1. The molecule has 226 valence electrons. The second-order valence-corrected chi connectivity index (χ2v) is 13.3.